The fourth-order valence-corrected chi connectivity index (χ4v) is 3.93. The minimum Gasteiger partial charge on any atom is -0.497 e. The molecule has 1 aromatic heterocycles. The molecule has 1 atom stereocenters. The average molecular weight is 445 g/mol. The Labute approximate surface area is 186 Å². The van der Waals surface area contributed by atoms with Gasteiger partial charge >= 0.3 is 0 Å². The van der Waals surface area contributed by atoms with E-state index >= 15 is 0 Å². The first-order chi connectivity index (χ1) is 14.4. The predicted octanol–water partition coefficient (Wildman–Crippen LogP) is 5.06. The van der Waals surface area contributed by atoms with E-state index in [1.165, 1.54) is 0 Å². The molecule has 6 nitrogen and oxygen atoms in total. The zero-order valence-electron chi connectivity index (χ0n) is 17.5. The zero-order chi connectivity index (χ0) is 21.7. The SMILES string of the molecule is CCC(C)Sc1nnc(CNC(=O)c2ccc(OC)cc2)n1-c1cccc(Cl)c1C. The van der Waals surface area contributed by atoms with Crippen LogP contribution in [0.2, 0.25) is 5.02 Å². The number of amides is 1. The molecule has 0 bridgehead atoms. The monoisotopic (exact) mass is 444 g/mol. The Bertz CT molecular complexity index is 1020. The van der Waals surface area contributed by atoms with Crippen LogP contribution in [0.3, 0.4) is 0 Å². The second-order valence-electron chi connectivity index (χ2n) is 6.87. The van der Waals surface area contributed by atoms with Crippen molar-refractivity contribution in [2.45, 2.75) is 44.1 Å². The summed E-state index contributed by atoms with van der Waals surface area (Å²) in [6, 6.07) is 12.7. The van der Waals surface area contributed by atoms with E-state index < -0.39 is 0 Å². The van der Waals surface area contributed by atoms with Crippen molar-refractivity contribution in [1.29, 1.82) is 0 Å². The molecule has 0 saturated carbocycles. The largest absolute Gasteiger partial charge is 0.497 e. The van der Waals surface area contributed by atoms with E-state index in [1.54, 1.807) is 43.1 Å². The van der Waals surface area contributed by atoms with Crippen LogP contribution in [0, 0.1) is 6.92 Å². The van der Waals surface area contributed by atoms with Crippen molar-refractivity contribution < 1.29 is 9.53 Å². The van der Waals surface area contributed by atoms with Crippen LogP contribution < -0.4 is 10.1 Å². The lowest BCUT2D eigenvalue weighted by atomic mass is 10.2. The molecular formula is C22H25ClN4O2S. The van der Waals surface area contributed by atoms with Gasteiger partial charge in [-0.1, -0.05) is 43.3 Å². The number of carbonyl (C=O) groups excluding carboxylic acids is 1. The third-order valence-corrected chi connectivity index (χ3v) is 6.44. The van der Waals surface area contributed by atoms with E-state index in [9.17, 15) is 4.79 Å². The summed E-state index contributed by atoms with van der Waals surface area (Å²) >= 11 is 8.01. The minimum atomic E-state index is -0.189. The lowest BCUT2D eigenvalue weighted by Gasteiger charge is -2.15. The summed E-state index contributed by atoms with van der Waals surface area (Å²) in [5.74, 6) is 1.16. The van der Waals surface area contributed by atoms with Crippen LogP contribution in [-0.4, -0.2) is 33.0 Å². The van der Waals surface area contributed by atoms with Gasteiger partial charge in [0, 0.05) is 15.8 Å². The molecule has 1 unspecified atom stereocenters. The Hall–Kier alpha value is -2.51. The van der Waals surface area contributed by atoms with Crippen LogP contribution in [0.5, 0.6) is 5.75 Å². The van der Waals surface area contributed by atoms with Crippen LogP contribution in [0.1, 0.15) is 42.0 Å². The topological polar surface area (TPSA) is 69.0 Å². The number of halogens is 1. The number of methoxy groups -OCH3 is 1. The number of nitrogens with one attached hydrogen (secondary N) is 1. The molecular weight excluding hydrogens is 420 g/mol. The van der Waals surface area contributed by atoms with Gasteiger partial charge in [0.25, 0.3) is 5.91 Å². The lowest BCUT2D eigenvalue weighted by molar-refractivity contribution is 0.0949. The number of hydrogen-bond acceptors (Lipinski definition) is 5. The van der Waals surface area contributed by atoms with E-state index in [4.69, 9.17) is 16.3 Å². The number of rotatable bonds is 8. The van der Waals surface area contributed by atoms with E-state index in [-0.39, 0.29) is 12.5 Å². The van der Waals surface area contributed by atoms with Crippen molar-refractivity contribution >= 4 is 29.3 Å². The average Bonchev–Trinajstić information content (AvgIpc) is 3.15. The highest BCUT2D eigenvalue weighted by Gasteiger charge is 2.19. The van der Waals surface area contributed by atoms with Gasteiger partial charge in [-0.25, -0.2) is 0 Å². The molecule has 0 fully saturated rings. The molecule has 1 N–H and O–H groups in total. The summed E-state index contributed by atoms with van der Waals surface area (Å²) < 4.78 is 7.12. The summed E-state index contributed by atoms with van der Waals surface area (Å²) in [6.45, 7) is 6.50. The number of carbonyl (C=O) groups is 1. The number of nitrogens with zero attached hydrogens (tertiary/aromatic N) is 3. The highest BCUT2D eigenvalue weighted by molar-refractivity contribution is 7.99. The Balaban J connectivity index is 1.88. The van der Waals surface area contributed by atoms with Crippen molar-refractivity contribution in [1.82, 2.24) is 20.1 Å². The zero-order valence-corrected chi connectivity index (χ0v) is 19.0. The van der Waals surface area contributed by atoms with Crippen LogP contribution in [-0.2, 0) is 6.54 Å². The lowest BCUT2D eigenvalue weighted by Crippen LogP contribution is -2.24. The van der Waals surface area contributed by atoms with Gasteiger partial charge in [-0.2, -0.15) is 0 Å². The molecule has 8 heteroatoms. The number of ether oxygens (including phenoxy) is 1. The second-order valence-corrected chi connectivity index (χ2v) is 8.68. The number of hydrogen-bond donors (Lipinski definition) is 1. The van der Waals surface area contributed by atoms with E-state index in [0.717, 1.165) is 22.8 Å². The smallest absolute Gasteiger partial charge is 0.251 e. The Kier molecular flexibility index (Phi) is 7.39. The molecule has 0 spiro atoms. The maximum atomic E-state index is 12.6. The quantitative estimate of drug-likeness (QED) is 0.492. The first-order valence-corrected chi connectivity index (χ1v) is 11.0. The fourth-order valence-electron chi connectivity index (χ4n) is 2.84. The van der Waals surface area contributed by atoms with Crippen LogP contribution in [0.15, 0.2) is 47.6 Å². The van der Waals surface area contributed by atoms with Crippen molar-refractivity contribution in [2.24, 2.45) is 0 Å². The van der Waals surface area contributed by atoms with Crippen molar-refractivity contribution in [3.05, 3.63) is 64.4 Å². The van der Waals surface area contributed by atoms with E-state index in [0.29, 0.717) is 27.4 Å². The van der Waals surface area contributed by atoms with E-state index in [1.807, 2.05) is 29.7 Å². The van der Waals surface area contributed by atoms with Crippen LogP contribution in [0.4, 0.5) is 0 Å². The molecule has 3 aromatic rings. The maximum Gasteiger partial charge on any atom is 0.251 e. The van der Waals surface area contributed by atoms with Gasteiger partial charge in [0.2, 0.25) is 0 Å². The van der Waals surface area contributed by atoms with Gasteiger partial charge in [-0.05, 0) is 55.3 Å². The molecule has 1 heterocycles. The maximum absolute atomic E-state index is 12.6. The molecule has 0 aliphatic heterocycles. The summed E-state index contributed by atoms with van der Waals surface area (Å²) in [5.41, 5.74) is 2.40. The minimum absolute atomic E-state index is 0.189. The summed E-state index contributed by atoms with van der Waals surface area (Å²) in [7, 11) is 1.59. The fraction of sp³-hybridized carbons (Fsp3) is 0.318. The van der Waals surface area contributed by atoms with E-state index in [2.05, 4.69) is 29.4 Å². The first kappa shape index (κ1) is 22.2. The summed E-state index contributed by atoms with van der Waals surface area (Å²) in [6.07, 6.45) is 1.01. The van der Waals surface area contributed by atoms with Gasteiger partial charge < -0.3 is 10.1 Å². The Morgan fingerprint density at radius 2 is 1.97 bits per heavy atom. The summed E-state index contributed by atoms with van der Waals surface area (Å²) in [4.78, 5) is 12.6. The molecule has 0 saturated heterocycles. The molecule has 1 amide bonds. The van der Waals surface area contributed by atoms with Crippen molar-refractivity contribution in [3.63, 3.8) is 0 Å². The molecule has 30 heavy (non-hydrogen) atoms. The molecule has 0 radical (unpaired) electrons. The number of benzene rings is 2. The van der Waals surface area contributed by atoms with Gasteiger partial charge in [0.1, 0.15) is 5.75 Å². The summed E-state index contributed by atoms with van der Waals surface area (Å²) in [5, 5.41) is 13.5. The third-order valence-electron chi connectivity index (χ3n) is 4.82. The molecule has 158 valence electrons. The van der Waals surface area contributed by atoms with Crippen molar-refractivity contribution in [2.75, 3.05) is 7.11 Å². The van der Waals surface area contributed by atoms with Gasteiger partial charge in [-0.3, -0.25) is 9.36 Å². The van der Waals surface area contributed by atoms with Crippen molar-refractivity contribution in [3.8, 4) is 11.4 Å². The third kappa shape index (κ3) is 4.96. The Morgan fingerprint density at radius 1 is 1.23 bits per heavy atom. The van der Waals surface area contributed by atoms with Gasteiger partial charge in [0.05, 0.1) is 19.3 Å². The highest BCUT2D eigenvalue weighted by atomic mass is 35.5. The molecule has 2 aromatic carbocycles. The Morgan fingerprint density at radius 3 is 2.63 bits per heavy atom. The second kappa shape index (κ2) is 10.00. The van der Waals surface area contributed by atoms with Crippen LogP contribution >= 0.6 is 23.4 Å². The normalized spacial score (nSPS) is 11.9. The number of aromatic nitrogens is 3. The van der Waals surface area contributed by atoms with Gasteiger partial charge in [0.15, 0.2) is 11.0 Å². The highest BCUT2D eigenvalue weighted by Crippen LogP contribution is 2.30. The standard InChI is InChI=1S/C22H25ClN4O2S/c1-5-14(2)30-22-26-25-20(27(22)19-8-6-7-18(23)15(19)3)13-24-21(28)16-9-11-17(29-4)12-10-16/h6-12,14H,5,13H2,1-4H3,(H,24,28). The predicted molar refractivity (Wildman–Crippen MR) is 121 cm³/mol. The molecule has 3 rings (SSSR count). The van der Waals surface area contributed by atoms with Crippen LogP contribution in [0.25, 0.3) is 5.69 Å². The van der Waals surface area contributed by atoms with Gasteiger partial charge in [-0.15, -0.1) is 10.2 Å². The first-order valence-electron chi connectivity index (χ1n) is 9.73. The molecule has 0 aliphatic rings. The number of thioether (sulfide) groups is 1. The molecule has 0 aliphatic carbocycles.